The fourth-order valence-electron chi connectivity index (χ4n) is 8.24. The third-order valence-corrected chi connectivity index (χ3v) is 12.5. The maximum atomic E-state index is 12.8. The molecule has 0 N–H and O–H groups in total. The van der Waals surface area contributed by atoms with Gasteiger partial charge in [0, 0.05) is 19.3 Å². The van der Waals surface area contributed by atoms with Gasteiger partial charge in [0.25, 0.3) is 0 Å². The van der Waals surface area contributed by atoms with Crippen molar-refractivity contribution in [2.75, 3.05) is 13.2 Å². The van der Waals surface area contributed by atoms with Gasteiger partial charge in [0.2, 0.25) is 0 Å². The fourth-order valence-corrected chi connectivity index (χ4v) is 8.24. The molecule has 1 atom stereocenters. The van der Waals surface area contributed by atoms with Crippen LogP contribution in [0.25, 0.3) is 0 Å². The van der Waals surface area contributed by atoms with Gasteiger partial charge in [-0.05, 0) is 51.4 Å². The first-order valence-corrected chi connectivity index (χ1v) is 27.8. The summed E-state index contributed by atoms with van der Waals surface area (Å²) in [6.07, 6.45) is 60.1. The molecule has 0 rings (SSSR count). The third-order valence-electron chi connectivity index (χ3n) is 12.5. The molecule has 63 heavy (non-hydrogen) atoms. The SMILES string of the molecule is CCCCC/C=C/C/C=C/CCCCCCCCCC(=O)OC[C@@H](COC(=O)CCCCCCCCCCCCCCC)OC(=O)CCCCCCCCCCCCCCCCC. The number of allylic oxidation sites excluding steroid dienone is 4. The molecular formula is C57H106O6. The number of ether oxygens (including phenoxy) is 3. The van der Waals surface area contributed by atoms with Crippen molar-refractivity contribution in [2.45, 2.75) is 309 Å². The Balaban J connectivity index is 4.33. The average molecular weight is 887 g/mol. The minimum Gasteiger partial charge on any atom is -0.462 e. The van der Waals surface area contributed by atoms with E-state index in [2.05, 4.69) is 45.1 Å². The largest absolute Gasteiger partial charge is 0.462 e. The zero-order valence-electron chi connectivity index (χ0n) is 42.4. The molecule has 0 aromatic heterocycles. The van der Waals surface area contributed by atoms with Crippen LogP contribution >= 0.6 is 0 Å². The molecule has 0 spiro atoms. The van der Waals surface area contributed by atoms with E-state index in [-0.39, 0.29) is 31.1 Å². The van der Waals surface area contributed by atoms with E-state index in [1.807, 2.05) is 0 Å². The van der Waals surface area contributed by atoms with Crippen molar-refractivity contribution in [1.29, 1.82) is 0 Å². The van der Waals surface area contributed by atoms with Crippen LogP contribution in [-0.2, 0) is 28.6 Å². The second-order valence-electron chi connectivity index (χ2n) is 18.9. The summed E-state index contributed by atoms with van der Waals surface area (Å²) in [5.41, 5.74) is 0. The van der Waals surface area contributed by atoms with Gasteiger partial charge in [-0.1, -0.05) is 257 Å². The predicted octanol–water partition coefficient (Wildman–Crippen LogP) is 18.3. The van der Waals surface area contributed by atoms with Crippen LogP contribution in [0.2, 0.25) is 0 Å². The van der Waals surface area contributed by atoms with Crippen molar-refractivity contribution in [3.63, 3.8) is 0 Å². The van der Waals surface area contributed by atoms with E-state index in [1.165, 1.54) is 193 Å². The number of unbranched alkanes of at least 4 members (excludes halogenated alkanes) is 36. The van der Waals surface area contributed by atoms with E-state index < -0.39 is 6.10 Å². The molecule has 0 radical (unpaired) electrons. The van der Waals surface area contributed by atoms with E-state index in [0.29, 0.717) is 19.3 Å². The monoisotopic (exact) mass is 887 g/mol. The van der Waals surface area contributed by atoms with Crippen LogP contribution in [-0.4, -0.2) is 37.2 Å². The molecule has 0 saturated heterocycles. The number of esters is 3. The van der Waals surface area contributed by atoms with Crippen molar-refractivity contribution in [3.05, 3.63) is 24.3 Å². The van der Waals surface area contributed by atoms with Gasteiger partial charge in [-0.25, -0.2) is 0 Å². The lowest BCUT2D eigenvalue weighted by Gasteiger charge is -2.18. The molecule has 0 aliphatic heterocycles. The lowest BCUT2D eigenvalue weighted by Crippen LogP contribution is -2.30. The number of carbonyl (C=O) groups is 3. The normalized spacial score (nSPS) is 12.1. The fraction of sp³-hybridized carbons (Fsp3) is 0.877. The lowest BCUT2D eigenvalue weighted by molar-refractivity contribution is -0.167. The van der Waals surface area contributed by atoms with Crippen LogP contribution in [0.5, 0.6) is 0 Å². The number of hydrogen-bond acceptors (Lipinski definition) is 6. The van der Waals surface area contributed by atoms with E-state index in [1.54, 1.807) is 0 Å². The Kier molecular flexibility index (Phi) is 50.8. The van der Waals surface area contributed by atoms with Gasteiger partial charge in [0.15, 0.2) is 6.10 Å². The average Bonchev–Trinajstić information content (AvgIpc) is 3.28. The van der Waals surface area contributed by atoms with Crippen molar-refractivity contribution in [3.8, 4) is 0 Å². The minimum absolute atomic E-state index is 0.0683. The summed E-state index contributed by atoms with van der Waals surface area (Å²) in [5, 5.41) is 0. The molecule has 0 bridgehead atoms. The molecule has 6 nitrogen and oxygen atoms in total. The summed E-state index contributed by atoms with van der Waals surface area (Å²) >= 11 is 0. The quantitative estimate of drug-likeness (QED) is 0.0262. The van der Waals surface area contributed by atoms with E-state index in [0.717, 1.165) is 70.6 Å². The highest BCUT2D eigenvalue weighted by molar-refractivity contribution is 5.71. The van der Waals surface area contributed by atoms with Gasteiger partial charge >= 0.3 is 17.9 Å². The van der Waals surface area contributed by atoms with Gasteiger partial charge < -0.3 is 14.2 Å². The summed E-state index contributed by atoms with van der Waals surface area (Å²) in [6.45, 7) is 6.65. The van der Waals surface area contributed by atoms with E-state index in [4.69, 9.17) is 14.2 Å². The summed E-state index contributed by atoms with van der Waals surface area (Å²) in [7, 11) is 0. The number of rotatable bonds is 51. The molecule has 0 amide bonds. The summed E-state index contributed by atoms with van der Waals surface area (Å²) in [6, 6.07) is 0. The molecule has 0 heterocycles. The molecule has 0 aliphatic rings. The Morgan fingerprint density at radius 2 is 0.571 bits per heavy atom. The topological polar surface area (TPSA) is 78.9 Å². The second-order valence-corrected chi connectivity index (χ2v) is 18.9. The highest BCUT2D eigenvalue weighted by Gasteiger charge is 2.19. The van der Waals surface area contributed by atoms with Crippen LogP contribution in [0.4, 0.5) is 0 Å². The van der Waals surface area contributed by atoms with Crippen LogP contribution in [0.15, 0.2) is 24.3 Å². The zero-order valence-corrected chi connectivity index (χ0v) is 42.4. The Hall–Kier alpha value is -2.11. The summed E-state index contributed by atoms with van der Waals surface area (Å²) in [4.78, 5) is 38.1. The zero-order chi connectivity index (χ0) is 45.8. The molecule has 0 saturated carbocycles. The summed E-state index contributed by atoms with van der Waals surface area (Å²) in [5.74, 6) is -0.857. The van der Waals surface area contributed by atoms with Gasteiger partial charge in [0.1, 0.15) is 13.2 Å². The predicted molar refractivity (Wildman–Crippen MR) is 270 cm³/mol. The first kappa shape index (κ1) is 60.9. The molecule has 0 aliphatic carbocycles. The van der Waals surface area contributed by atoms with Crippen molar-refractivity contribution < 1.29 is 28.6 Å². The Morgan fingerprint density at radius 1 is 0.317 bits per heavy atom. The smallest absolute Gasteiger partial charge is 0.306 e. The molecule has 0 fully saturated rings. The highest BCUT2D eigenvalue weighted by Crippen LogP contribution is 2.16. The maximum absolute atomic E-state index is 12.8. The molecule has 370 valence electrons. The van der Waals surface area contributed by atoms with Crippen LogP contribution < -0.4 is 0 Å². The number of hydrogen-bond donors (Lipinski definition) is 0. The van der Waals surface area contributed by atoms with Crippen molar-refractivity contribution >= 4 is 17.9 Å². The Labute approximate surface area is 392 Å². The first-order valence-electron chi connectivity index (χ1n) is 27.8. The third kappa shape index (κ3) is 50.7. The highest BCUT2D eigenvalue weighted by atomic mass is 16.6. The van der Waals surface area contributed by atoms with E-state index >= 15 is 0 Å². The van der Waals surface area contributed by atoms with Crippen LogP contribution in [0.3, 0.4) is 0 Å². The molecule has 0 aromatic rings. The Morgan fingerprint density at radius 3 is 0.905 bits per heavy atom. The maximum Gasteiger partial charge on any atom is 0.306 e. The Bertz CT molecular complexity index is 1020. The van der Waals surface area contributed by atoms with Crippen LogP contribution in [0, 0.1) is 0 Å². The van der Waals surface area contributed by atoms with Gasteiger partial charge in [-0.15, -0.1) is 0 Å². The summed E-state index contributed by atoms with van der Waals surface area (Å²) < 4.78 is 16.9. The first-order chi connectivity index (χ1) is 31.0. The molecular weight excluding hydrogens is 781 g/mol. The van der Waals surface area contributed by atoms with Crippen molar-refractivity contribution in [1.82, 2.24) is 0 Å². The van der Waals surface area contributed by atoms with E-state index in [9.17, 15) is 14.4 Å². The number of carbonyl (C=O) groups excluding carboxylic acids is 3. The van der Waals surface area contributed by atoms with Crippen molar-refractivity contribution in [2.24, 2.45) is 0 Å². The molecule has 6 heteroatoms. The molecule has 0 unspecified atom stereocenters. The minimum atomic E-state index is -0.768. The lowest BCUT2D eigenvalue weighted by atomic mass is 10.0. The van der Waals surface area contributed by atoms with Gasteiger partial charge in [0.05, 0.1) is 0 Å². The molecule has 0 aromatic carbocycles. The van der Waals surface area contributed by atoms with Gasteiger partial charge in [-0.3, -0.25) is 14.4 Å². The standard InChI is InChI=1S/C57H106O6/c1-4-7-10-13-16-19-22-25-27-28-30-32-35-38-41-44-47-50-56(59)62-53-54(52-61-55(58)49-46-43-40-37-34-31-24-21-18-15-12-9-6-3)63-57(60)51-48-45-42-39-36-33-29-26-23-20-17-14-11-8-5-2/h16,19,25,27,54H,4-15,17-18,20-24,26,28-53H2,1-3H3/b19-16+,27-25+/t54-/m1/s1. The van der Waals surface area contributed by atoms with Crippen LogP contribution in [0.1, 0.15) is 303 Å². The van der Waals surface area contributed by atoms with Gasteiger partial charge in [-0.2, -0.15) is 0 Å². The second kappa shape index (κ2) is 52.5.